The first-order valence-corrected chi connectivity index (χ1v) is 10.7. The lowest BCUT2D eigenvalue weighted by Gasteiger charge is -2.34. The van der Waals surface area contributed by atoms with Crippen molar-refractivity contribution >= 4 is 17.0 Å². The van der Waals surface area contributed by atoms with Crippen LogP contribution in [-0.4, -0.2) is 23.5 Å². The largest absolute Gasteiger partial charge is 0.350 e. The fourth-order valence-electron chi connectivity index (χ4n) is 4.23. The second-order valence-electron chi connectivity index (χ2n) is 8.64. The lowest BCUT2D eigenvalue weighted by Crippen LogP contribution is -2.38. The van der Waals surface area contributed by atoms with Gasteiger partial charge in [-0.15, -0.1) is 0 Å². The Labute approximate surface area is 176 Å². The number of halogens is 1. The van der Waals surface area contributed by atoms with Crippen molar-refractivity contribution in [1.29, 1.82) is 0 Å². The van der Waals surface area contributed by atoms with E-state index in [1.54, 1.807) is 0 Å². The highest BCUT2D eigenvalue weighted by molar-refractivity contribution is 5.99. The maximum atomic E-state index is 13.6. The van der Waals surface area contributed by atoms with Crippen molar-refractivity contribution in [2.45, 2.75) is 50.9 Å². The van der Waals surface area contributed by atoms with Gasteiger partial charge in [-0.3, -0.25) is 4.98 Å². The number of pyridine rings is 1. The Morgan fingerprint density at radius 1 is 1.03 bits per heavy atom. The van der Waals surface area contributed by atoms with Gasteiger partial charge in [-0.1, -0.05) is 42.5 Å². The minimum Gasteiger partial charge on any atom is -0.350 e. The predicted octanol–water partition coefficient (Wildman–Crippen LogP) is 6.47. The molecule has 1 saturated heterocycles. The first kappa shape index (κ1) is 19.4. The Morgan fingerprint density at radius 3 is 2.53 bits per heavy atom. The van der Waals surface area contributed by atoms with Crippen LogP contribution in [0.4, 0.5) is 4.39 Å². The van der Waals surface area contributed by atoms with E-state index in [0.717, 1.165) is 52.5 Å². The van der Waals surface area contributed by atoms with Crippen molar-refractivity contribution in [2.75, 3.05) is 6.61 Å². The molecule has 3 nitrogen and oxygen atoms in total. The molecular weight excluding hydrogens is 377 g/mol. The van der Waals surface area contributed by atoms with Gasteiger partial charge in [0.15, 0.2) is 5.79 Å². The minimum absolute atomic E-state index is 0.00617. The van der Waals surface area contributed by atoms with Gasteiger partial charge in [-0.05, 0) is 50.5 Å². The molecule has 2 aromatic carbocycles. The van der Waals surface area contributed by atoms with Crippen molar-refractivity contribution < 1.29 is 13.9 Å². The molecule has 0 amide bonds. The summed E-state index contributed by atoms with van der Waals surface area (Å²) in [6, 6.07) is 15.0. The highest BCUT2D eigenvalue weighted by Crippen LogP contribution is 2.45. The standard InChI is InChI=1S/C26H26FNO2/c1-26(2)29-16-15-20(30-26)13-14-22-24(17-9-11-19(27)12-10-17)21-5-3-4-6-23(21)28-25(22)18-7-8-18/h3-6,9-14,18,20H,7-8,15-16H2,1-2H3/b14-13+/t20-/m1/s1. The van der Waals surface area contributed by atoms with Crippen LogP contribution in [0.15, 0.2) is 54.6 Å². The number of nitrogens with zero attached hydrogens (tertiary/aromatic N) is 1. The summed E-state index contributed by atoms with van der Waals surface area (Å²) >= 11 is 0. The first-order chi connectivity index (χ1) is 14.5. The van der Waals surface area contributed by atoms with Gasteiger partial charge in [-0.25, -0.2) is 4.39 Å². The van der Waals surface area contributed by atoms with E-state index in [2.05, 4.69) is 24.3 Å². The van der Waals surface area contributed by atoms with Crippen LogP contribution < -0.4 is 0 Å². The number of fused-ring (bicyclic) bond motifs is 1. The number of rotatable bonds is 4. The van der Waals surface area contributed by atoms with Crippen molar-refractivity contribution in [3.63, 3.8) is 0 Å². The highest BCUT2D eigenvalue weighted by atomic mass is 19.1. The van der Waals surface area contributed by atoms with Crippen LogP contribution in [-0.2, 0) is 9.47 Å². The molecule has 1 aliphatic carbocycles. The molecule has 0 radical (unpaired) electrons. The molecule has 0 N–H and O–H groups in total. The zero-order chi connectivity index (χ0) is 20.7. The van der Waals surface area contributed by atoms with Crippen LogP contribution in [0.1, 0.15) is 50.3 Å². The van der Waals surface area contributed by atoms with E-state index in [1.165, 1.54) is 12.1 Å². The molecule has 5 rings (SSSR count). The van der Waals surface area contributed by atoms with Gasteiger partial charge in [0, 0.05) is 28.9 Å². The van der Waals surface area contributed by atoms with E-state index in [0.29, 0.717) is 12.5 Å². The summed E-state index contributed by atoms with van der Waals surface area (Å²) in [5.41, 5.74) is 5.36. The predicted molar refractivity (Wildman–Crippen MR) is 118 cm³/mol. The molecule has 1 saturated carbocycles. The highest BCUT2D eigenvalue weighted by Gasteiger charge is 2.31. The van der Waals surface area contributed by atoms with Gasteiger partial charge in [0.05, 0.1) is 23.9 Å². The normalized spacial score (nSPS) is 21.4. The van der Waals surface area contributed by atoms with Crippen molar-refractivity contribution in [1.82, 2.24) is 4.98 Å². The molecule has 0 bridgehead atoms. The number of hydrogen-bond donors (Lipinski definition) is 0. The van der Waals surface area contributed by atoms with Gasteiger partial charge in [0.1, 0.15) is 5.82 Å². The maximum Gasteiger partial charge on any atom is 0.163 e. The van der Waals surface area contributed by atoms with Gasteiger partial charge >= 0.3 is 0 Å². The number of hydrogen-bond acceptors (Lipinski definition) is 3. The van der Waals surface area contributed by atoms with E-state index in [9.17, 15) is 4.39 Å². The quantitative estimate of drug-likeness (QED) is 0.500. The van der Waals surface area contributed by atoms with Crippen molar-refractivity contribution in [3.05, 3.63) is 71.7 Å². The zero-order valence-electron chi connectivity index (χ0n) is 17.4. The van der Waals surface area contributed by atoms with Gasteiger partial charge in [0.2, 0.25) is 0 Å². The summed E-state index contributed by atoms with van der Waals surface area (Å²) in [6.07, 6.45) is 7.44. The third-order valence-electron chi connectivity index (χ3n) is 5.82. The SMILES string of the molecule is CC1(C)OCC[C@@H](/C=C/c2c(C3CC3)nc3ccccc3c2-c2ccc(F)cc2)O1. The van der Waals surface area contributed by atoms with Crippen LogP contribution in [0.25, 0.3) is 28.1 Å². The molecule has 4 heteroatoms. The summed E-state index contributed by atoms with van der Waals surface area (Å²) in [5.74, 6) is -0.316. The minimum atomic E-state index is -0.575. The number of aromatic nitrogens is 1. The first-order valence-electron chi connectivity index (χ1n) is 10.7. The van der Waals surface area contributed by atoms with Crippen molar-refractivity contribution in [3.8, 4) is 11.1 Å². The number of para-hydroxylation sites is 1. The summed E-state index contributed by atoms with van der Waals surface area (Å²) < 4.78 is 25.4. The Bertz CT molecular complexity index is 1100. The van der Waals surface area contributed by atoms with E-state index in [-0.39, 0.29) is 11.9 Å². The molecule has 0 spiro atoms. The third-order valence-corrected chi connectivity index (χ3v) is 5.82. The Hall–Kier alpha value is -2.56. The molecule has 1 aliphatic heterocycles. The number of benzene rings is 2. The lowest BCUT2D eigenvalue weighted by atomic mass is 9.92. The van der Waals surface area contributed by atoms with E-state index < -0.39 is 5.79 Å². The fourth-order valence-corrected chi connectivity index (χ4v) is 4.23. The summed E-state index contributed by atoms with van der Waals surface area (Å²) in [4.78, 5) is 5.04. The molecule has 154 valence electrons. The monoisotopic (exact) mass is 403 g/mol. The summed E-state index contributed by atoms with van der Waals surface area (Å²) in [7, 11) is 0. The molecule has 2 fully saturated rings. The molecular formula is C26H26FNO2. The average Bonchev–Trinajstić information content (AvgIpc) is 3.57. The molecule has 2 heterocycles. The third kappa shape index (κ3) is 3.90. The van der Waals surface area contributed by atoms with Gasteiger partial charge < -0.3 is 9.47 Å². The van der Waals surface area contributed by atoms with Gasteiger partial charge in [-0.2, -0.15) is 0 Å². The van der Waals surface area contributed by atoms with E-state index >= 15 is 0 Å². The van der Waals surface area contributed by atoms with Crippen LogP contribution >= 0.6 is 0 Å². The second-order valence-corrected chi connectivity index (χ2v) is 8.64. The Balaban J connectivity index is 1.67. The molecule has 30 heavy (non-hydrogen) atoms. The molecule has 3 aromatic rings. The summed E-state index contributed by atoms with van der Waals surface area (Å²) in [6.45, 7) is 4.58. The lowest BCUT2D eigenvalue weighted by molar-refractivity contribution is -0.262. The topological polar surface area (TPSA) is 31.4 Å². The van der Waals surface area contributed by atoms with Crippen molar-refractivity contribution in [2.24, 2.45) is 0 Å². The summed E-state index contributed by atoms with van der Waals surface area (Å²) in [5, 5.41) is 1.08. The van der Waals surface area contributed by atoms with Crippen LogP contribution in [0.3, 0.4) is 0 Å². The van der Waals surface area contributed by atoms with Gasteiger partial charge in [0.25, 0.3) is 0 Å². The van der Waals surface area contributed by atoms with Crippen LogP contribution in [0.5, 0.6) is 0 Å². The van der Waals surface area contributed by atoms with E-state index in [4.69, 9.17) is 14.5 Å². The van der Waals surface area contributed by atoms with Crippen LogP contribution in [0.2, 0.25) is 0 Å². The Morgan fingerprint density at radius 2 is 1.80 bits per heavy atom. The number of ether oxygens (including phenoxy) is 2. The second kappa shape index (κ2) is 7.60. The van der Waals surface area contributed by atoms with Crippen LogP contribution in [0, 0.1) is 5.82 Å². The Kier molecular flexibility index (Phi) is 4.92. The van der Waals surface area contributed by atoms with E-state index in [1.807, 2.05) is 38.1 Å². The molecule has 1 aromatic heterocycles. The fraction of sp³-hybridized carbons (Fsp3) is 0.346. The molecule has 1 atom stereocenters. The zero-order valence-corrected chi connectivity index (χ0v) is 17.4. The molecule has 0 unspecified atom stereocenters. The molecule has 2 aliphatic rings. The maximum absolute atomic E-state index is 13.6. The average molecular weight is 403 g/mol. The smallest absolute Gasteiger partial charge is 0.163 e.